The summed E-state index contributed by atoms with van der Waals surface area (Å²) in [6, 6.07) is 3.33. The number of benzene rings is 1. The quantitative estimate of drug-likeness (QED) is 0.781. The summed E-state index contributed by atoms with van der Waals surface area (Å²) in [5.41, 5.74) is 1.44. The Morgan fingerprint density at radius 2 is 2.12 bits per heavy atom. The van der Waals surface area contributed by atoms with Gasteiger partial charge in [-0.3, -0.25) is 9.69 Å². The topological polar surface area (TPSA) is 32.3 Å². The number of halogens is 2. The van der Waals surface area contributed by atoms with Crippen LogP contribution < -0.4 is 10.2 Å². The maximum absolute atomic E-state index is 11.6. The fourth-order valence-electron chi connectivity index (χ4n) is 1.57. The molecule has 1 aromatic carbocycles. The van der Waals surface area contributed by atoms with E-state index >= 15 is 0 Å². The van der Waals surface area contributed by atoms with Crippen LogP contribution in [0.1, 0.15) is 0 Å². The number of hydrogen-bond donors (Lipinski definition) is 1. The van der Waals surface area contributed by atoms with Gasteiger partial charge in [0.25, 0.3) is 0 Å². The van der Waals surface area contributed by atoms with E-state index in [1.807, 2.05) is 0 Å². The molecule has 0 spiro atoms. The van der Waals surface area contributed by atoms with Gasteiger partial charge in [0.2, 0.25) is 5.91 Å². The molecule has 1 amide bonds. The number of carbonyl (C=O) groups is 1. The second-order valence-electron chi connectivity index (χ2n) is 3.32. The number of hydrogen-bond acceptors (Lipinski definition) is 2. The maximum Gasteiger partial charge on any atom is 0.247 e. The highest BCUT2D eigenvalue weighted by atomic mass is 35.5. The average Bonchev–Trinajstić information content (AvgIpc) is 2.25. The van der Waals surface area contributed by atoms with Gasteiger partial charge >= 0.3 is 0 Å². The van der Waals surface area contributed by atoms with Gasteiger partial charge < -0.3 is 5.32 Å². The summed E-state index contributed by atoms with van der Waals surface area (Å²) in [5.74, 6) is 2.36. The molecule has 0 aliphatic carbocycles. The minimum absolute atomic E-state index is 0.0798. The van der Waals surface area contributed by atoms with Crippen molar-refractivity contribution >= 4 is 40.5 Å². The van der Waals surface area contributed by atoms with Crippen molar-refractivity contribution < 1.29 is 4.79 Å². The molecule has 82 valence electrons. The lowest BCUT2D eigenvalue weighted by molar-refractivity contribution is -0.117. The molecule has 1 N–H and O–H groups in total. The van der Waals surface area contributed by atoms with Crippen LogP contribution in [0.25, 0.3) is 0 Å². The molecule has 0 bridgehead atoms. The minimum atomic E-state index is -0.0798. The van der Waals surface area contributed by atoms with Crippen LogP contribution in [0.4, 0.5) is 11.4 Å². The van der Waals surface area contributed by atoms with E-state index < -0.39 is 0 Å². The normalized spacial score (nSPS) is 14.1. The second kappa shape index (κ2) is 4.25. The van der Waals surface area contributed by atoms with Crippen molar-refractivity contribution in [3.63, 3.8) is 0 Å². The van der Waals surface area contributed by atoms with Crippen molar-refractivity contribution in [2.75, 3.05) is 23.3 Å². The molecule has 1 aliphatic heterocycles. The molecule has 0 saturated carbocycles. The van der Waals surface area contributed by atoms with Crippen LogP contribution >= 0.6 is 23.2 Å². The Kier molecular flexibility index (Phi) is 2.95. The van der Waals surface area contributed by atoms with Gasteiger partial charge in [-0.05, 0) is 12.1 Å². The Morgan fingerprint density at radius 3 is 2.81 bits per heavy atom. The average molecular weight is 255 g/mol. The number of anilines is 2. The van der Waals surface area contributed by atoms with Crippen LogP contribution in [-0.2, 0) is 4.79 Å². The number of rotatable bonds is 1. The second-order valence-corrected chi connectivity index (χ2v) is 4.14. The van der Waals surface area contributed by atoms with Gasteiger partial charge in [0.1, 0.15) is 0 Å². The molecule has 0 unspecified atom stereocenters. The Labute approximate surface area is 103 Å². The first kappa shape index (κ1) is 11.1. The van der Waals surface area contributed by atoms with Crippen molar-refractivity contribution in [3.8, 4) is 12.3 Å². The van der Waals surface area contributed by atoms with Gasteiger partial charge in [0.15, 0.2) is 0 Å². The standard InChI is InChI=1S/C11H8Cl2N2O/c1-2-3-15-10-5-8(13)7(12)4-9(10)14-6-11(15)16/h1,4-5,14H,3,6H2. The van der Waals surface area contributed by atoms with E-state index in [9.17, 15) is 4.79 Å². The van der Waals surface area contributed by atoms with Crippen molar-refractivity contribution in [2.24, 2.45) is 0 Å². The Balaban J connectivity index is 2.51. The summed E-state index contributed by atoms with van der Waals surface area (Å²) in [4.78, 5) is 13.1. The van der Waals surface area contributed by atoms with Crippen LogP contribution in [0.5, 0.6) is 0 Å². The van der Waals surface area contributed by atoms with Crippen molar-refractivity contribution in [2.45, 2.75) is 0 Å². The zero-order chi connectivity index (χ0) is 11.7. The number of fused-ring (bicyclic) bond motifs is 1. The molecule has 1 aromatic rings. The summed E-state index contributed by atoms with van der Waals surface area (Å²) < 4.78 is 0. The predicted octanol–water partition coefficient (Wildman–Crippen LogP) is 2.39. The first-order valence-electron chi connectivity index (χ1n) is 4.60. The molecule has 0 fully saturated rings. The van der Waals surface area contributed by atoms with Crippen molar-refractivity contribution in [3.05, 3.63) is 22.2 Å². The van der Waals surface area contributed by atoms with Crippen LogP contribution in [0.2, 0.25) is 10.0 Å². The molecule has 0 atom stereocenters. The lowest BCUT2D eigenvalue weighted by atomic mass is 10.2. The zero-order valence-corrected chi connectivity index (χ0v) is 9.77. The van der Waals surface area contributed by atoms with Crippen LogP contribution in [0, 0.1) is 12.3 Å². The van der Waals surface area contributed by atoms with Gasteiger partial charge in [0, 0.05) is 0 Å². The SMILES string of the molecule is C#CCN1C(=O)CNc2cc(Cl)c(Cl)cc21. The van der Waals surface area contributed by atoms with E-state index in [4.69, 9.17) is 29.6 Å². The number of nitrogens with one attached hydrogen (secondary N) is 1. The first-order valence-corrected chi connectivity index (χ1v) is 5.36. The summed E-state index contributed by atoms with van der Waals surface area (Å²) in [6.45, 7) is 0.443. The molecule has 0 radical (unpaired) electrons. The zero-order valence-electron chi connectivity index (χ0n) is 8.26. The van der Waals surface area contributed by atoms with Gasteiger partial charge in [-0.2, -0.15) is 0 Å². The number of nitrogens with zero attached hydrogens (tertiary/aromatic N) is 1. The summed E-state index contributed by atoms with van der Waals surface area (Å²) in [7, 11) is 0. The van der Waals surface area contributed by atoms with Crippen LogP contribution in [0.15, 0.2) is 12.1 Å². The Bertz CT molecular complexity index is 493. The highest BCUT2D eigenvalue weighted by molar-refractivity contribution is 6.42. The highest BCUT2D eigenvalue weighted by Crippen LogP contribution is 2.36. The molecule has 16 heavy (non-hydrogen) atoms. The third kappa shape index (κ3) is 1.82. The first-order chi connectivity index (χ1) is 7.63. The maximum atomic E-state index is 11.6. The van der Waals surface area contributed by atoms with Gasteiger partial charge in [-0.1, -0.05) is 29.1 Å². The summed E-state index contributed by atoms with van der Waals surface area (Å²) in [5, 5.41) is 3.81. The molecule has 2 rings (SSSR count). The fraction of sp³-hybridized carbons (Fsp3) is 0.182. The van der Waals surface area contributed by atoms with E-state index in [0.717, 1.165) is 5.69 Å². The highest BCUT2D eigenvalue weighted by Gasteiger charge is 2.24. The molecule has 0 saturated heterocycles. The lowest BCUT2D eigenvalue weighted by Gasteiger charge is -2.29. The predicted molar refractivity (Wildman–Crippen MR) is 66.1 cm³/mol. The molecule has 1 aliphatic rings. The van der Waals surface area contributed by atoms with Gasteiger partial charge in [-0.25, -0.2) is 0 Å². The molecule has 0 aromatic heterocycles. The van der Waals surface area contributed by atoms with Gasteiger partial charge in [0.05, 0.1) is 34.5 Å². The van der Waals surface area contributed by atoms with Gasteiger partial charge in [-0.15, -0.1) is 6.42 Å². The third-order valence-electron chi connectivity index (χ3n) is 2.31. The van der Waals surface area contributed by atoms with E-state index in [0.29, 0.717) is 15.7 Å². The van der Waals surface area contributed by atoms with Crippen molar-refractivity contribution in [1.82, 2.24) is 0 Å². The Morgan fingerprint density at radius 1 is 1.44 bits per heavy atom. The fourth-order valence-corrected chi connectivity index (χ4v) is 1.89. The molecular formula is C11H8Cl2N2O. The number of carbonyl (C=O) groups excluding carboxylic acids is 1. The lowest BCUT2D eigenvalue weighted by Crippen LogP contribution is -2.40. The minimum Gasteiger partial charge on any atom is -0.374 e. The summed E-state index contributed by atoms with van der Waals surface area (Å²) >= 11 is 11.8. The van der Waals surface area contributed by atoms with E-state index in [1.54, 1.807) is 12.1 Å². The molecule has 1 heterocycles. The largest absolute Gasteiger partial charge is 0.374 e. The molecule has 5 heteroatoms. The third-order valence-corrected chi connectivity index (χ3v) is 3.03. The van der Waals surface area contributed by atoms with Crippen molar-refractivity contribution in [1.29, 1.82) is 0 Å². The van der Waals surface area contributed by atoms with Crippen LogP contribution in [0.3, 0.4) is 0 Å². The van der Waals surface area contributed by atoms with E-state index in [2.05, 4.69) is 11.2 Å². The van der Waals surface area contributed by atoms with E-state index in [-0.39, 0.29) is 19.0 Å². The monoisotopic (exact) mass is 254 g/mol. The smallest absolute Gasteiger partial charge is 0.247 e. The van der Waals surface area contributed by atoms with E-state index in [1.165, 1.54) is 4.90 Å². The number of terminal acetylenes is 1. The summed E-state index contributed by atoms with van der Waals surface area (Å²) in [6.07, 6.45) is 5.22. The molecular weight excluding hydrogens is 247 g/mol. The Hall–Kier alpha value is -1.37. The number of amides is 1. The van der Waals surface area contributed by atoms with Crippen LogP contribution in [-0.4, -0.2) is 19.0 Å². The molecule has 3 nitrogen and oxygen atoms in total.